The molecule has 11 aromatic rings. The fourth-order valence-electron chi connectivity index (χ4n) is 9.42. The van der Waals surface area contributed by atoms with Gasteiger partial charge in [-0.05, 0) is 102 Å². The molecular formula is C61H46F6N6O6S. The van der Waals surface area contributed by atoms with Crippen molar-refractivity contribution in [2.45, 2.75) is 36.4 Å². The number of aliphatic hydroxyl groups excluding tert-OH is 2. The summed E-state index contributed by atoms with van der Waals surface area (Å²) in [6.45, 7) is 1.86. The monoisotopic (exact) mass is 1100 g/mol. The van der Waals surface area contributed by atoms with Crippen LogP contribution in [0.15, 0.2) is 200 Å². The van der Waals surface area contributed by atoms with Gasteiger partial charge in [-0.2, -0.15) is 26.3 Å². The van der Waals surface area contributed by atoms with Crippen molar-refractivity contribution < 1.29 is 54.4 Å². The molecule has 19 heteroatoms. The van der Waals surface area contributed by atoms with Gasteiger partial charge in [-0.15, -0.1) is 0 Å². The van der Waals surface area contributed by atoms with E-state index in [1.165, 1.54) is 62.2 Å². The first-order valence-electron chi connectivity index (χ1n) is 24.5. The summed E-state index contributed by atoms with van der Waals surface area (Å²) in [6.07, 6.45) is -3.54. The van der Waals surface area contributed by atoms with E-state index >= 15 is 0 Å². The number of nitrogens with zero attached hydrogens (tertiary/aromatic N) is 5. The van der Waals surface area contributed by atoms with E-state index in [0.29, 0.717) is 50.2 Å². The van der Waals surface area contributed by atoms with E-state index in [1.54, 1.807) is 80.0 Å². The highest BCUT2D eigenvalue weighted by Crippen LogP contribution is 2.42. The van der Waals surface area contributed by atoms with Gasteiger partial charge in [0.2, 0.25) is 0 Å². The predicted octanol–water partition coefficient (Wildman–Crippen LogP) is 13.8. The van der Waals surface area contributed by atoms with Crippen LogP contribution < -0.4 is 9.47 Å². The molecule has 3 N–H and O–H groups in total. The zero-order chi connectivity index (χ0) is 56.5. The molecule has 0 radical (unpaired) electrons. The van der Waals surface area contributed by atoms with Gasteiger partial charge < -0.3 is 24.7 Å². The van der Waals surface area contributed by atoms with Gasteiger partial charge in [0.15, 0.2) is 5.65 Å². The molecule has 11 rings (SSSR count). The highest BCUT2D eigenvalue weighted by atomic mass is 32.2. The molecule has 0 amide bonds. The number of benzene rings is 5. The van der Waals surface area contributed by atoms with Crippen molar-refractivity contribution in [3.05, 3.63) is 234 Å². The molecule has 80 heavy (non-hydrogen) atoms. The maximum atomic E-state index is 13.8. The van der Waals surface area contributed by atoms with Crippen molar-refractivity contribution in [1.29, 1.82) is 0 Å². The Kier molecular flexibility index (Phi) is 14.9. The Bertz CT molecular complexity index is 4180. The molecule has 0 aliphatic heterocycles. The molecule has 0 fully saturated rings. The molecule has 12 nitrogen and oxygen atoms in total. The fraction of sp³-hybridized carbons (Fsp3) is 0.115. The van der Waals surface area contributed by atoms with Crippen LogP contribution in [0.3, 0.4) is 0 Å². The molecule has 0 aliphatic carbocycles. The summed E-state index contributed by atoms with van der Waals surface area (Å²) >= 11 is 0. The number of aromatic amines is 1. The third-order valence-electron chi connectivity index (χ3n) is 13.4. The average Bonchev–Trinajstić information content (AvgIpc) is 4.11. The standard InChI is InChI=1S/C34H26F3N3O4S.C27H20F3N3O2/c1-21-12-14-25(15-13-21)45(42,43)40-20-28(26-9-3-4-11-30(26)44-2)27-18-24(19-39-33(27)40)22-7-5-8-23(17-22)32(41)31-29(34(35,36)37)10-6-16-38-31;1-35-23-10-3-2-8-19(23)21-15-33-26-20(21)13-18(14-32-26)16-6-4-7-17(12-16)25(34)24-22(27(28,29)30)9-5-11-31-24/h3-20,32,41H,1-2H3;2-15,25,34H,1H3,(H,32,33). The van der Waals surface area contributed by atoms with Gasteiger partial charge in [0.05, 0.1) is 41.6 Å². The summed E-state index contributed by atoms with van der Waals surface area (Å²) in [5, 5.41) is 23.2. The van der Waals surface area contributed by atoms with Crippen LogP contribution in [0.4, 0.5) is 26.3 Å². The van der Waals surface area contributed by atoms with Crippen LogP contribution in [0.1, 0.15) is 51.4 Å². The minimum Gasteiger partial charge on any atom is -0.496 e. The van der Waals surface area contributed by atoms with Gasteiger partial charge in [-0.1, -0.05) is 90.5 Å². The average molecular weight is 1110 g/mol. The lowest BCUT2D eigenvalue weighted by atomic mass is 9.97. The van der Waals surface area contributed by atoms with Crippen LogP contribution >= 0.6 is 0 Å². The first kappa shape index (κ1) is 54.2. The van der Waals surface area contributed by atoms with Crippen molar-refractivity contribution in [3.8, 4) is 56.0 Å². The van der Waals surface area contributed by atoms with E-state index < -0.39 is 57.1 Å². The van der Waals surface area contributed by atoms with Crippen molar-refractivity contribution in [2.75, 3.05) is 14.2 Å². The Labute approximate surface area is 454 Å². The minimum atomic E-state index is -4.70. The summed E-state index contributed by atoms with van der Waals surface area (Å²) < 4.78 is 121. The van der Waals surface area contributed by atoms with Gasteiger partial charge in [0, 0.05) is 81.3 Å². The molecule has 0 spiro atoms. The van der Waals surface area contributed by atoms with Crippen LogP contribution in [0.5, 0.6) is 11.5 Å². The smallest absolute Gasteiger partial charge is 0.418 e. The second kappa shape index (κ2) is 21.9. The number of H-pyrrole nitrogens is 1. The predicted molar refractivity (Wildman–Crippen MR) is 291 cm³/mol. The summed E-state index contributed by atoms with van der Waals surface area (Å²) in [6, 6.07) is 42.4. The number of para-hydroxylation sites is 2. The number of fused-ring (bicyclic) bond motifs is 2. The topological polar surface area (TPSA) is 165 Å². The lowest BCUT2D eigenvalue weighted by Gasteiger charge is -2.17. The van der Waals surface area contributed by atoms with Gasteiger partial charge in [0.1, 0.15) is 29.4 Å². The van der Waals surface area contributed by atoms with E-state index in [1.807, 2.05) is 61.7 Å². The third kappa shape index (κ3) is 10.7. The SMILES string of the molecule is COc1ccccc1-c1c[nH]c2ncc(-c3cccc(C(O)c4ncccc4C(F)(F)F)c3)cc12.COc1ccccc1-c1cn(S(=O)(=O)c2ccc(C)cc2)c2ncc(-c3cccc(C(O)c4ncccc4C(F)(F)F)c3)cc12. The van der Waals surface area contributed by atoms with Gasteiger partial charge in [0.25, 0.3) is 10.0 Å². The Morgan fingerprint density at radius 1 is 0.537 bits per heavy atom. The number of alkyl halides is 6. The first-order valence-corrected chi connectivity index (χ1v) is 26.0. The minimum absolute atomic E-state index is 0.0943. The lowest BCUT2D eigenvalue weighted by molar-refractivity contribution is -0.140. The number of pyridine rings is 4. The Morgan fingerprint density at radius 2 is 1.04 bits per heavy atom. The normalized spacial score (nSPS) is 12.7. The van der Waals surface area contributed by atoms with E-state index in [-0.39, 0.29) is 16.1 Å². The number of hydrogen-bond acceptors (Lipinski definition) is 10. The molecule has 0 saturated heterocycles. The van der Waals surface area contributed by atoms with Gasteiger partial charge in [-0.25, -0.2) is 22.4 Å². The zero-order valence-electron chi connectivity index (χ0n) is 42.6. The van der Waals surface area contributed by atoms with Crippen molar-refractivity contribution >= 4 is 32.1 Å². The molecule has 5 aromatic carbocycles. The third-order valence-corrected chi connectivity index (χ3v) is 15.1. The Balaban J connectivity index is 0.000000186. The molecule has 2 unspecified atom stereocenters. The zero-order valence-corrected chi connectivity index (χ0v) is 43.4. The van der Waals surface area contributed by atoms with E-state index in [2.05, 4.69) is 24.9 Å². The molecule has 6 aromatic heterocycles. The summed E-state index contributed by atoms with van der Waals surface area (Å²) in [4.78, 5) is 20.0. The number of ether oxygens (including phenoxy) is 2. The van der Waals surface area contributed by atoms with E-state index in [0.717, 1.165) is 49.5 Å². The molecule has 0 saturated carbocycles. The molecular weight excluding hydrogens is 1060 g/mol. The molecule has 404 valence electrons. The van der Waals surface area contributed by atoms with Crippen LogP contribution in [0.2, 0.25) is 0 Å². The number of halogens is 6. The maximum Gasteiger partial charge on any atom is 0.418 e. The second-order valence-corrected chi connectivity index (χ2v) is 20.2. The highest BCUT2D eigenvalue weighted by molar-refractivity contribution is 7.90. The number of hydrogen-bond donors (Lipinski definition) is 3. The summed E-state index contributed by atoms with van der Waals surface area (Å²) in [7, 11) is -0.918. The van der Waals surface area contributed by atoms with Crippen LogP contribution in [-0.2, 0) is 22.4 Å². The van der Waals surface area contributed by atoms with E-state index in [9.17, 15) is 45.0 Å². The van der Waals surface area contributed by atoms with Crippen LogP contribution in [-0.4, -0.2) is 61.7 Å². The Morgan fingerprint density at radius 3 is 1.56 bits per heavy atom. The fourth-order valence-corrected chi connectivity index (χ4v) is 10.7. The number of nitrogens with one attached hydrogen (secondary N) is 1. The van der Waals surface area contributed by atoms with Crippen LogP contribution in [0.25, 0.3) is 66.6 Å². The van der Waals surface area contributed by atoms with Crippen molar-refractivity contribution in [2.24, 2.45) is 0 Å². The van der Waals surface area contributed by atoms with Gasteiger partial charge >= 0.3 is 12.4 Å². The largest absolute Gasteiger partial charge is 0.496 e. The molecule has 0 bridgehead atoms. The Hall–Kier alpha value is -9.17. The lowest BCUT2D eigenvalue weighted by Crippen LogP contribution is -2.14. The molecule has 2 atom stereocenters. The van der Waals surface area contributed by atoms with Crippen molar-refractivity contribution in [1.82, 2.24) is 28.9 Å². The van der Waals surface area contributed by atoms with Crippen LogP contribution in [0, 0.1) is 6.92 Å². The number of aryl methyl sites for hydroxylation is 1. The number of aromatic nitrogens is 6. The maximum absolute atomic E-state index is 13.8. The number of methoxy groups -OCH3 is 2. The van der Waals surface area contributed by atoms with Gasteiger partial charge in [-0.3, -0.25) is 9.97 Å². The van der Waals surface area contributed by atoms with Crippen molar-refractivity contribution in [3.63, 3.8) is 0 Å². The molecule has 6 heterocycles. The summed E-state index contributed by atoms with van der Waals surface area (Å²) in [5.41, 5.74) is 4.89. The second-order valence-electron chi connectivity index (χ2n) is 18.4. The highest BCUT2D eigenvalue weighted by Gasteiger charge is 2.37. The molecule has 0 aliphatic rings. The number of rotatable bonds is 12. The first-order chi connectivity index (χ1) is 38.3. The van der Waals surface area contributed by atoms with E-state index in [4.69, 9.17) is 9.47 Å². The number of aliphatic hydroxyl groups is 2. The summed E-state index contributed by atoms with van der Waals surface area (Å²) in [5.74, 6) is 1.25. The quantitative estimate of drug-likeness (QED) is 0.100.